The first-order valence-corrected chi connectivity index (χ1v) is 13.3. The number of carbonyl (C=O) groups excluding carboxylic acids is 2. The molecular formula is C28H25F3N4O3S. The summed E-state index contributed by atoms with van der Waals surface area (Å²) in [5.74, 6) is 0.0930. The summed E-state index contributed by atoms with van der Waals surface area (Å²) in [6, 6.07) is 14.1. The summed E-state index contributed by atoms with van der Waals surface area (Å²) in [7, 11) is 0. The van der Waals surface area contributed by atoms with Crippen LogP contribution in [-0.2, 0) is 12.7 Å². The van der Waals surface area contributed by atoms with Gasteiger partial charge in [0.15, 0.2) is 0 Å². The zero-order chi connectivity index (χ0) is 27.6. The molecule has 0 unspecified atom stereocenters. The minimum Gasteiger partial charge on any atom is -0.360 e. The molecule has 1 fully saturated rings. The summed E-state index contributed by atoms with van der Waals surface area (Å²) in [6.07, 6.45) is -2.99. The van der Waals surface area contributed by atoms with Gasteiger partial charge in [0.25, 0.3) is 11.8 Å². The predicted octanol–water partition coefficient (Wildman–Crippen LogP) is 6.08. The van der Waals surface area contributed by atoms with E-state index in [1.807, 2.05) is 30.3 Å². The topological polar surface area (TPSA) is 88.3 Å². The van der Waals surface area contributed by atoms with Gasteiger partial charge >= 0.3 is 6.18 Å². The highest BCUT2D eigenvalue weighted by Gasteiger charge is 2.31. The predicted molar refractivity (Wildman–Crippen MR) is 139 cm³/mol. The summed E-state index contributed by atoms with van der Waals surface area (Å²) in [4.78, 5) is 32.3. The van der Waals surface area contributed by atoms with Crippen molar-refractivity contribution in [1.29, 1.82) is 0 Å². The van der Waals surface area contributed by atoms with Gasteiger partial charge in [0.2, 0.25) is 0 Å². The molecule has 0 aliphatic carbocycles. The summed E-state index contributed by atoms with van der Waals surface area (Å²) < 4.78 is 43.5. The number of thiazole rings is 1. The number of nitrogens with one attached hydrogen (secondary N) is 1. The Kier molecular flexibility index (Phi) is 7.51. The molecule has 0 atom stereocenters. The SMILES string of the molecule is Cc1onc(-c2ccccc2)c1C(=O)N1CCC(c2nc(C(=O)NCc3ccc(C(F)(F)F)cc3)cs2)CC1. The standard InChI is InChI=1S/C28H25F3N4O3S/c1-17-23(24(34-38-17)19-5-3-2-4-6-19)27(37)35-13-11-20(12-14-35)26-33-22(16-39-26)25(36)32-15-18-7-9-21(10-8-18)28(29,30)31/h2-10,16,20H,11-15H2,1H3,(H,32,36). The van der Waals surface area contributed by atoms with Crippen molar-refractivity contribution in [2.45, 2.75) is 38.4 Å². The molecule has 1 aliphatic rings. The molecule has 4 aromatic rings. The van der Waals surface area contributed by atoms with E-state index in [-0.39, 0.29) is 30.0 Å². The molecule has 202 valence electrons. The van der Waals surface area contributed by atoms with E-state index in [1.54, 1.807) is 17.2 Å². The van der Waals surface area contributed by atoms with Crippen molar-refractivity contribution in [2.75, 3.05) is 13.1 Å². The molecule has 2 aromatic carbocycles. The first-order chi connectivity index (χ1) is 18.7. The summed E-state index contributed by atoms with van der Waals surface area (Å²) >= 11 is 1.39. The van der Waals surface area contributed by atoms with Crippen LogP contribution in [0.25, 0.3) is 11.3 Å². The van der Waals surface area contributed by atoms with Crippen molar-refractivity contribution in [3.05, 3.63) is 93.1 Å². The Morgan fingerprint density at radius 2 is 1.77 bits per heavy atom. The fourth-order valence-electron chi connectivity index (χ4n) is 4.57. The fourth-order valence-corrected chi connectivity index (χ4v) is 5.54. The second-order valence-corrected chi connectivity index (χ2v) is 10.2. The zero-order valence-electron chi connectivity index (χ0n) is 21.0. The van der Waals surface area contributed by atoms with Gasteiger partial charge in [-0.3, -0.25) is 9.59 Å². The van der Waals surface area contributed by atoms with Gasteiger partial charge in [-0.25, -0.2) is 4.98 Å². The van der Waals surface area contributed by atoms with Gasteiger partial charge in [-0.15, -0.1) is 11.3 Å². The highest BCUT2D eigenvalue weighted by atomic mass is 32.1. The van der Waals surface area contributed by atoms with Crippen LogP contribution in [0.3, 0.4) is 0 Å². The van der Waals surface area contributed by atoms with Gasteiger partial charge in [0.1, 0.15) is 22.7 Å². The van der Waals surface area contributed by atoms with Crippen LogP contribution in [-0.4, -0.2) is 39.9 Å². The molecule has 0 saturated carbocycles. The number of benzene rings is 2. The monoisotopic (exact) mass is 554 g/mol. The van der Waals surface area contributed by atoms with Gasteiger partial charge in [-0.2, -0.15) is 13.2 Å². The first-order valence-electron chi connectivity index (χ1n) is 12.4. The highest BCUT2D eigenvalue weighted by molar-refractivity contribution is 7.09. The van der Waals surface area contributed by atoms with Crippen LogP contribution in [0.1, 0.15) is 61.5 Å². The lowest BCUT2D eigenvalue weighted by Gasteiger charge is -2.31. The average molecular weight is 555 g/mol. The molecule has 2 aromatic heterocycles. The number of carbonyl (C=O) groups is 2. The third kappa shape index (κ3) is 5.88. The minimum absolute atomic E-state index is 0.0948. The third-order valence-corrected chi connectivity index (χ3v) is 7.75. The number of likely N-dealkylation sites (tertiary alicyclic amines) is 1. The smallest absolute Gasteiger partial charge is 0.360 e. The van der Waals surface area contributed by atoms with Crippen LogP contribution in [0.4, 0.5) is 13.2 Å². The van der Waals surface area contributed by atoms with E-state index < -0.39 is 11.7 Å². The van der Waals surface area contributed by atoms with E-state index in [0.29, 0.717) is 48.5 Å². The quantitative estimate of drug-likeness (QED) is 0.312. The second-order valence-electron chi connectivity index (χ2n) is 9.34. The van der Waals surface area contributed by atoms with E-state index in [0.717, 1.165) is 22.7 Å². The molecular weight excluding hydrogens is 529 g/mol. The normalized spacial score (nSPS) is 14.4. The number of aryl methyl sites for hydroxylation is 1. The zero-order valence-corrected chi connectivity index (χ0v) is 21.8. The molecule has 1 saturated heterocycles. The molecule has 11 heteroatoms. The number of alkyl halides is 3. The summed E-state index contributed by atoms with van der Waals surface area (Å²) in [5, 5.41) is 9.33. The van der Waals surface area contributed by atoms with E-state index in [1.165, 1.54) is 23.5 Å². The van der Waals surface area contributed by atoms with Gasteiger partial charge in [-0.1, -0.05) is 47.6 Å². The summed E-state index contributed by atoms with van der Waals surface area (Å²) in [6.45, 7) is 2.91. The van der Waals surface area contributed by atoms with Crippen molar-refractivity contribution in [1.82, 2.24) is 20.4 Å². The number of rotatable bonds is 6. The number of hydrogen-bond acceptors (Lipinski definition) is 6. The number of halogens is 3. The largest absolute Gasteiger partial charge is 0.416 e. The number of hydrogen-bond donors (Lipinski definition) is 1. The Balaban J connectivity index is 1.17. The van der Waals surface area contributed by atoms with Gasteiger partial charge < -0.3 is 14.7 Å². The van der Waals surface area contributed by atoms with E-state index >= 15 is 0 Å². The molecule has 1 N–H and O–H groups in total. The lowest BCUT2D eigenvalue weighted by molar-refractivity contribution is -0.137. The van der Waals surface area contributed by atoms with Crippen molar-refractivity contribution >= 4 is 23.2 Å². The number of piperidine rings is 1. The van der Waals surface area contributed by atoms with Crippen LogP contribution in [0, 0.1) is 6.92 Å². The van der Waals surface area contributed by atoms with Crippen LogP contribution >= 0.6 is 11.3 Å². The minimum atomic E-state index is -4.40. The molecule has 3 heterocycles. The van der Waals surface area contributed by atoms with Crippen LogP contribution < -0.4 is 5.32 Å². The van der Waals surface area contributed by atoms with Crippen molar-refractivity contribution in [3.8, 4) is 11.3 Å². The maximum Gasteiger partial charge on any atom is 0.416 e. The van der Waals surface area contributed by atoms with Crippen molar-refractivity contribution in [3.63, 3.8) is 0 Å². The van der Waals surface area contributed by atoms with Crippen molar-refractivity contribution in [2.24, 2.45) is 0 Å². The van der Waals surface area contributed by atoms with E-state index in [2.05, 4.69) is 15.5 Å². The van der Waals surface area contributed by atoms with Crippen molar-refractivity contribution < 1.29 is 27.3 Å². The van der Waals surface area contributed by atoms with Crippen LogP contribution in [0.2, 0.25) is 0 Å². The van der Waals surface area contributed by atoms with Gasteiger partial charge in [0, 0.05) is 36.5 Å². The maximum absolute atomic E-state index is 13.4. The highest BCUT2D eigenvalue weighted by Crippen LogP contribution is 2.33. The Hall–Kier alpha value is -3.99. The molecule has 0 radical (unpaired) electrons. The Labute approximate surface area is 226 Å². The van der Waals surface area contributed by atoms with Gasteiger partial charge in [0.05, 0.1) is 10.6 Å². The number of aromatic nitrogens is 2. The molecule has 2 amide bonds. The Bertz CT molecular complexity index is 1460. The van der Waals surface area contributed by atoms with E-state index in [9.17, 15) is 22.8 Å². The first kappa shape index (κ1) is 26.6. The molecule has 0 bridgehead atoms. The average Bonchev–Trinajstić information content (AvgIpc) is 3.59. The van der Waals surface area contributed by atoms with Gasteiger partial charge in [-0.05, 0) is 37.5 Å². The molecule has 0 spiro atoms. The fraction of sp³-hybridized carbons (Fsp3) is 0.286. The molecule has 5 rings (SSSR count). The van der Waals surface area contributed by atoms with E-state index in [4.69, 9.17) is 4.52 Å². The molecule has 39 heavy (non-hydrogen) atoms. The Morgan fingerprint density at radius 3 is 2.44 bits per heavy atom. The summed E-state index contributed by atoms with van der Waals surface area (Å²) in [5.41, 5.74) is 1.92. The Morgan fingerprint density at radius 1 is 1.08 bits per heavy atom. The second kappa shape index (κ2) is 11.0. The lowest BCUT2D eigenvalue weighted by atomic mass is 9.96. The lowest BCUT2D eigenvalue weighted by Crippen LogP contribution is -2.38. The molecule has 1 aliphatic heterocycles. The van der Waals surface area contributed by atoms with Crippen LogP contribution in [0.15, 0.2) is 64.5 Å². The third-order valence-electron chi connectivity index (χ3n) is 6.74. The number of amides is 2. The number of nitrogens with zero attached hydrogens (tertiary/aromatic N) is 3. The molecule has 7 nitrogen and oxygen atoms in total. The van der Waals surface area contributed by atoms with Crippen LogP contribution in [0.5, 0.6) is 0 Å². The maximum atomic E-state index is 13.4.